The second kappa shape index (κ2) is 4.52. The van der Waals surface area contributed by atoms with E-state index >= 15 is 0 Å². The zero-order chi connectivity index (χ0) is 10.8. The fraction of sp³-hybridized carbons (Fsp3) is 0.917. The maximum atomic E-state index is 11.5. The van der Waals surface area contributed by atoms with E-state index in [0.29, 0.717) is 0 Å². The molecule has 86 valence electrons. The van der Waals surface area contributed by atoms with E-state index in [1.165, 1.54) is 33.0 Å². The third-order valence-corrected chi connectivity index (χ3v) is 4.10. The van der Waals surface area contributed by atoms with Gasteiger partial charge in [0.15, 0.2) is 0 Å². The quantitative estimate of drug-likeness (QED) is 0.616. The van der Waals surface area contributed by atoms with Gasteiger partial charge in [-0.3, -0.25) is 4.79 Å². The first kappa shape index (κ1) is 10.9. The first-order valence-electron chi connectivity index (χ1n) is 5.97. The molecule has 2 rings (SSSR count). The number of rotatable bonds is 1. The number of ether oxygens (including phenoxy) is 1. The Morgan fingerprint density at radius 2 is 2.07 bits per heavy atom. The van der Waals surface area contributed by atoms with Gasteiger partial charge in [0.25, 0.3) is 0 Å². The number of methoxy groups -OCH3 is 1. The highest BCUT2D eigenvalue weighted by Crippen LogP contribution is 2.38. The van der Waals surface area contributed by atoms with Gasteiger partial charge in [0.05, 0.1) is 13.0 Å². The highest BCUT2D eigenvalue weighted by atomic mass is 16.5. The molecule has 0 radical (unpaired) electrons. The standard InChI is InChI=1S/C12H21NO2/c1-13-6-5-9-7-10(12(14)15-2)3-4-11(9)8-13/h9-11H,3-8H2,1-2H3/t9-,10+,11+/m1/s1. The molecule has 1 saturated carbocycles. The molecule has 1 heterocycles. The summed E-state index contributed by atoms with van der Waals surface area (Å²) in [6.07, 6.45) is 4.55. The van der Waals surface area contributed by atoms with Gasteiger partial charge in [-0.2, -0.15) is 0 Å². The van der Waals surface area contributed by atoms with Crippen molar-refractivity contribution in [3.63, 3.8) is 0 Å². The molecule has 0 aromatic heterocycles. The summed E-state index contributed by atoms with van der Waals surface area (Å²) < 4.78 is 4.84. The van der Waals surface area contributed by atoms with Crippen LogP contribution in [-0.4, -0.2) is 38.1 Å². The molecule has 2 aliphatic rings. The van der Waals surface area contributed by atoms with Crippen molar-refractivity contribution >= 4 is 5.97 Å². The molecule has 1 saturated heterocycles. The number of hydrogen-bond donors (Lipinski definition) is 0. The van der Waals surface area contributed by atoms with Crippen LogP contribution in [0.25, 0.3) is 0 Å². The molecule has 0 spiro atoms. The van der Waals surface area contributed by atoms with Crippen molar-refractivity contribution in [3.05, 3.63) is 0 Å². The largest absolute Gasteiger partial charge is 0.469 e. The van der Waals surface area contributed by atoms with E-state index in [2.05, 4.69) is 11.9 Å². The van der Waals surface area contributed by atoms with Crippen LogP contribution in [0.1, 0.15) is 25.7 Å². The number of carbonyl (C=O) groups is 1. The second-order valence-electron chi connectivity index (χ2n) is 5.10. The van der Waals surface area contributed by atoms with Gasteiger partial charge in [0, 0.05) is 6.54 Å². The number of fused-ring (bicyclic) bond motifs is 1. The van der Waals surface area contributed by atoms with E-state index < -0.39 is 0 Å². The second-order valence-corrected chi connectivity index (χ2v) is 5.10. The summed E-state index contributed by atoms with van der Waals surface area (Å²) in [6.45, 7) is 2.41. The van der Waals surface area contributed by atoms with Crippen molar-refractivity contribution < 1.29 is 9.53 Å². The topological polar surface area (TPSA) is 29.5 Å². The highest BCUT2D eigenvalue weighted by molar-refractivity contribution is 5.72. The zero-order valence-corrected chi connectivity index (χ0v) is 9.74. The van der Waals surface area contributed by atoms with Crippen LogP contribution in [0.2, 0.25) is 0 Å². The Labute approximate surface area is 91.8 Å². The lowest BCUT2D eigenvalue weighted by Crippen LogP contribution is -2.42. The number of carbonyl (C=O) groups excluding carboxylic acids is 1. The summed E-state index contributed by atoms with van der Waals surface area (Å²) in [5.41, 5.74) is 0. The predicted molar refractivity (Wildman–Crippen MR) is 58.5 cm³/mol. The molecule has 0 N–H and O–H groups in total. The molecule has 1 aliphatic carbocycles. The summed E-state index contributed by atoms with van der Waals surface area (Å²) in [4.78, 5) is 13.9. The molecule has 0 amide bonds. The number of hydrogen-bond acceptors (Lipinski definition) is 3. The lowest BCUT2D eigenvalue weighted by molar-refractivity contribution is -0.148. The van der Waals surface area contributed by atoms with Crippen LogP contribution in [0.4, 0.5) is 0 Å². The lowest BCUT2D eigenvalue weighted by atomic mass is 9.71. The molecule has 15 heavy (non-hydrogen) atoms. The predicted octanol–water partition coefficient (Wildman–Crippen LogP) is 1.53. The Kier molecular flexibility index (Phi) is 3.29. The molecule has 3 atom stereocenters. The summed E-state index contributed by atoms with van der Waals surface area (Å²) in [5, 5.41) is 0. The average molecular weight is 211 g/mol. The summed E-state index contributed by atoms with van der Waals surface area (Å²) in [5.74, 6) is 1.77. The van der Waals surface area contributed by atoms with E-state index in [0.717, 1.165) is 24.7 Å². The number of nitrogens with zero attached hydrogens (tertiary/aromatic N) is 1. The minimum atomic E-state index is 0.00683. The monoisotopic (exact) mass is 211 g/mol. The molecule has 3 nitrogen and oxygen atoms in total. The molecular formula is C12H21NO2. The van der Waals surface area contributed by atoms with Gasteiger partial charge in [-0.1, -0.05) is 0 Å². The number of esters is 1. The summed E-state index contributed by atoms with van der Waals surface area (Å²) in [6, 6.07) is 0. The van der Waals surface area contributed by atoms with Crippen LogP contribution < -0.4 is 0 Å². The minimum absolute atomic E-state index is 0.00683. The molecular weight excluding hydrogens is 190 g/mol. The van der Waals surface area contributed by atoms with Crippen molar-refractivity contribution in [2.24, 2.45) is 17.8 Å². The molecule has 0 unspecified atom stereocenters. The maximum Gasteiger partial charge on any atom is 0.308 e. The van der Waals surface area contributed by atoms with Gasteiger partial charge in [0.1, 0.15) is 0 Å². The Morgan fingerprint density at radius 1 is 1.27 bits per heavy atom. The minimum Gasteiger partial charge on any atom is -0.469 e. The van der Waals surface area contributed by atoms with Gasteiger partial charge in [-0.25, -0.2) is 0 Å². The van der Waals surface area contributed by atoms with Gasteiger partial charge in [-0.05, 0) is 51.1 Å². The normalized spacial score (nSPS) is 37.1. The van der Waals surface area contributed by atoms with Crippen LogP contribution in [0.15, 0.2) is 0 Å². The zero-order valence-electron chi connectivity index (χ0n) is 9.74. The van der Waals surface area contributed by atoms with E-state index in [1.54, 1.807) is 0 Å². The fourth-order valence-electron chi connectivity index (χ4n) is 3.18. The van der Waals surface area contributed by atoms with E-state index in [4.69, 9.17) is 4.74 Å². The smallest absolute Gasteiger partial charge is 0.308 e. The van der Waals surface area contributed by atoms with Crippen molar-refractivity contribution in [2.75, 3.05) is 27.2 Å². The SMILES string of the molecule is COC(=O)[C@H]1CC[C@H]2CN(C)CC[C@@H]2C1. The maximum absolute atomic E-state index is 11.5. The van der Waals surface area contributed by atoms with Gasteiger partial charge >= 0.3 is 5.97 Å². The third-order valence-electron chi connectivity index (χ3n) is 4.10. The van der Waals surface area contributed by atoms with E-state index in [1.807, 2.05) is 0 Å². The van der Waals surface area contributed by atoms with Crippen molar-refractivity contribution in [3.8, 4) is 0 Å². The fourth-order valence-corrected chi connectivity index (χ4v) is 3.18. The van der Waals surface area contributed by atoms with Crippen molar-refractivity contribution in [1.29, 1.82) is 0 Å². The average Bonchev–Trinajstić information content (AvgIpc) is 2.27. The van der Waals surface area contributed by atoms with Gasteiger partial charge < -0.3 is 9.64 Å². The summed E-state index contributed by atoms with van der Waals surface area (Å²) >= 11 is 0. The van der Waals surface area contributed by atoms with Crippen LogP contribution in [0.3, 0.4) is 0 Å². The van der Waals surface area contributed by atoms with Crippen LogP contribution in [0, 0.1) is 17.8 Å². The van der Waals surface area contributed by atoms with E-state index in [-0.39, 0.29) is 11.9 Å². The Hall–Kier alpha value is -0.570. The van der Waals surface area contributed by atoms with Gasteiger partial charge in [-0.15, -0.1) is 0 Å². The van der Waals surface area contributed by atoms with E-state index in [9.17, 15) is 4.79 Å². The van der Waals surface area contributed by atoms with Crippen molar-refractivity contribution in [2.45, 2.75) is 25.7 Å². The number of likely N-dealkylation sites (tertiary alicyclic amines) is 1. The van der Waals surface area contributed by atoms with Crippen LogP contribution in [-0.2, 0) is 9.53 Å². The molecule has 0 aromatic carbocycles. The first-order valence-corrected chi connectivity index (χ1v) is 5.97. The Bertz CT molecular complexity index is 242. The molecule has 0 bridgehead atoms. The molecule has 1 aliphatic heterocycles. The van der Waals surface area contributed by atoms with Crippen LogP contribution in [0.5, 0.6) is 0 Å². The Morgan fingerprint density at radius 3 is 2.80 bits per heavy atom. The van der Waals surface area contributed by atoms with Crippen molar-refractivity contribution in [1.82, 2.24) is 4.90 Å². The van der Waals surface area contributed by atoms with Gasteiger partial charge in [0.2, 0.25) is 0 Å². The molecule has 3 heteroatoms. The first-order chi connectivity index (χ1) is 7.20. The number of piperidine rings is 1. The van der Waals surface area contributed by atoms with Crippen LogP contribution >= 0.6 is 0 Å². The molecule has 2 fully saturated rings. The lowest BCUT2D eigenvalue weighted by Gasteiger charge is -2.41. The Balaban J connectivity index is 1.92. The highest BCUT2D eigenvalue weighted by Gasteiger charge is 2.36. The summed E-state index contributed by atoms with van der Waals surface area (Å²) in [7, 11) is 3.70. The molecule has 0 aromatic rings. The third kappa shape index (κ3) is 2.33.